The molecule has 0 saturated heterocycles. The van der Waals surface area contributed by atoms with E-state index in [1.54, 1.807) is 6.07 Å². The summed E-state index contributed by atoms with van der Waals surface area (Å²) in [6, 6.07) is 5.48. The maximum Gasteiger partial charge on any atom is 0.141 e. The molecule has 1 aromatic rings. The number of ketones is 1. The maximum absolute atomic E-state index is 11.2. The lowest BCUT2D eigenvalue weighted by Crippen LogP contribution is -2.26. The summed E-state index contributed by atoms with van der Waals surface area (Å²) in [5.74, 6) is -1.89. The molecule has 1 N–H and O–H groups in total. The number of unbranched alkanes of at least 4 members (excludes halogenated alkanes) is 3. The highest BCUT2D eigenvalue weighted by Gasteiger charge is 2.10. The fourth-order valence-corrected chi connectivity index (χ4v) is 2.87. The number of rotatable bonds is 11. The van der Waals surface area contributed by atoms with Gasteiger partial charge in [-0.1, -0.05) is 48.5 Å². The molecule has 128 valence electrons. The summed E-state index contributed by atoms with van der Waals surface area (Å²) in [5.41, 5.74) is 1.07. The van der Waals surface area contributed by atoms with Gasteiger partial charge in [-0.25, -0.2) is 0 Å². The van der Waals surface area contributed by atoms with Crippen molar-refractivity contribution in [2.45, 2.75) is 57.5 Å². The van der Waals surface area contributed by atoms with Gasteiger partial charge in [-0.2, -0.15) is 0 Å². The number of benzene rings is 1. The molecule has 0 amide bonds. The molecule has 23 heavy (non-hydrogen) atoms. The number of aliphatic hydroxyl groups is 1. The van der Waals surface area contributed by atoms with Crippen molar-refractivity contribution in [2.24, 2.45) is 0 Å². The van der Waals surface area contributed by atoms with Crippen LogP contribution in [-0.4, -0.2) is 23.0 Å². The van der Waals surface area contributed by atoms with Crippen LogP contribution in [0.15, 0.2) is 18.2 Å². The van der Waals surface area contributed by atoms with Gasteiger partial charge in [-0.05, 0) is 37.0 Å². The van der Waals surface area contributed by atoms with Crippen molar-refractivity contribution >= 4 is 35.0 Å². The lowest BCUT2D eigenvalue weighted by molar-refractivity contribution is -0.304. The first kappa shape index (κ1) is 19.9. The Morgan fingerprint density at radius 1 is 1.13 bits per heavy atom. The Morgan fingerprint density at radius 2 is 1.83 bits per heavy atom. The van der Waals surface area contributed by atoms with E-state index >= 15 is 0 Å². The summed E-state index contributed by atoms with van der Waals surface area (Å²) in [6.07, 6.45) is 3.59. The lowest BCUT2D eigenvalue weighted by atomic mass is 10.0. The first-order valence-electron chi connectivity index (χ1n) is 7.72. The zero-order valence-electron chi connectivity index (χ0n) is 12.9. The molecule has 0 radical (unpaired) electrons. The number of hydrogen-bond donors (Lipinski definition) is 1. The van der Waals surface area contributed by atoms with Gasteiger partial charge in [0.2, 0.25) is 0 Å². The number of aliphatic carboxylic acids is 1. The van der Waals surface area contributed by atoms with Crippen LogP contribution in [0.1, 0.15) is 50.5 Å². The molecular formula is C17H21Cl2O4-. The normalized spacial score (nSPS) is 12.1. The minimum Gasteiger partial charge on any atom is -0.550 e. The molecule has 1 aromatic carbocycles. The van der Waals surface area contributed by atoms with Gasteiger partial charge >= 0.3 is 0 Å². The highest BCUT2D eigenvalue weighted by molar-refractivity contribution is 6.35. The molecule has 0 aliphatic heterocycles. The SMILES string of the molecule is O=C([O-])CC(=O)CC(O)CCCCCCc1ccc(Cl)cc1Cl. The second-order valence-electron chi connectivity index (χ2n) is 5.63. The number of aryl methyl sites for hydroxylation is 1. The third-order valence-electron chi connectivity index (χ3n) is 3.55. The van der Waals surface area contributed by atoms with Crippen molar-refractivity contribution in [3.63, 3.8) is 0 Å². The third-order valence-corrected chi connectivity index (χ3v) is 4.14. The number of carboxylic acids is 1. The van der Waals surface area contributed by atoms with Crippen LogP contribution < -0.4 is 5.11 Å². The molecule has 0 aliphatic carbocycles. The molecule has 6 heteroatoms. The van der Waals surface area contributed by atoms with Crippen LogP contribution in [0.5, 0.6) is 0 Å². The number of carbonyl (C=O) groups is 2. The van der Waals surface area contributed by atoms with E-state index in [4.69, 9.17) is 23.2 Å². The number of carboxylic acid groups (broad SMARTS) is 1. The van der Waals surface area contributed by atoms with Crippen molar-refractivity contribution < 1.29 is 19.8 Å². The van der Waals surface area contributed by atoms with Crippen molar-refractivity contribution in [3.05, 3.63) is 33.8 Å². The summed E-state index contributed by atoms with van der Waals surface area (Å²) in [5, 5.41) is 21.2. The zero-order chi connectivity index (χ0) is 17.2. The van der Waals surface area contributed by atoms with Crippen LogP contribution in [0.4, 0.5) is 0 Å². The molecule has 4 nitrogen and oxygen atoms in total. The first-order chi connectivity index (χ1) is 10.9. The predicted octanol–water partition coefficient (Wildman–Crippen LogP) is 2.95. The van der Waals surface area contributed by atoms with Crippen molar-refractivity contribution in [1.82, 2.24) is 0 Å². The van der Waals surface area contributed by atoms with Gasteiger partial charge in [-0.15, -0.1) is 0 Å². The van der Waals surface area contributed by atoms with Gasteiger partial charge < -0.3 is 15.0 Å². The topological polar surface area (TPSA) is 77.4 Å². The largest absolute Gasteiger partial charge is 0.550 e. The first-order valence-corrected chi connectivity index (χ1v) is 8.47. The molecule has 0 aromatic heterocycles. The van der Waals surface area contributed by atoms with Crippen LogP contribution >= 0.6 is 23.2 Å². The Labute approximate surface area is 146 Å². The third kappa shape index (κ3) is 8.94. The maximum atomic E-state index is 11.2. The van der Waals surface area contributed by atoms with Crippen molar-refractivity contribution in [1.29, 1.82) is 0 Å². The monoisotopic (exact) mass is 359 g/mol. The standard InChI is InChI=1S/C17H22Cl2O4/c18-13-8-7-12(16(19)9-13)5-3-1-2-4-6-14(20)10-15(21)11-17(22)23/h7-9,14,20H,1-6,10-11H2,(H,22,23)/p-1. The summed E-state index contributed by atoms with van der Waals surface area (Å²) in [7, 11) is 0. The fraction of sp³-hybridized carbons (Fsp3) is 0.529. The van der Waals surface area contributed by atoms with E-state index in [9.17, 15) is 19.8 Å². The molecule has 0 bridgehead atoms. The average Bonchev–Trinajstić information content (AvgIpc) is 2.43. The smallest absolute Gasteiger partial charge is 0.141 e. The number of hydrogen-bond acceptors (Lipinski definition) is 4. The number of carbonyl (C=O) groups excluding carboxylic acids is 2. The van der Waals surface area contributed by atoms with Crippen LogP contribution in [0.25, 0.3) is 0 Å². The second kappa shape index (κ2) is 10.6. The van der Waals surface area contributed by atoms with Crippen molar-refractivity contribution in [3.8, 4) is 0 Å². The molecule has 0 spiro atoms. The molecule has 1 rings (SSSR count). The van der Waals surface area contributed by atoms with E-state index in [0.29, 0.717) is 16.5 Å². The molecule has 0 fully saturated rings. The Bertz CT molecular complexity index is 531. The number of aliphatic hydroxyl groups excluding tert-OH is 1. The van der Waals surface area contributed by atoms with E-state index in [-0.39, 0.29) is 6.42 Å². The summed E-state index contributed by atoms with van der Waals surface area (Å²) in [4.78, 5) is 21.5. The van der Waals surface area contributed by atoms with E-state index in [0.717, 1.165) is 37.7 Å². The highest BCUT2D eigenvalue weighted by atomic mass is 35.5. The van der Waals surface area contributed by atoms with E-state index in [1.165, 1.54) is 0 Å². The molecule has 0 heterocycles. The molecule has 0 saturated carbocycles. The number of halogens is 2. The highest BCUT2D eigenvalue weighted by Crippen LogP contribution is 2.22. The van der Waals surface area contributed by atoms with Crippen LogP contribution in [-0.2, 0) is 16.0 Å². The molecule has 1 atom stereocenters. The fourth-order valence-electron chi connectivity index (χ4n) is 2.37. The number of Topliss-reactive ketones (excluding diaryl/α,β-unsaturated/α-hetero) is 1. The minimum absolute atomic E-state index is 0.117. The Morgan fingerprint density at radius 3 is 2.48 bits per heavy atom. The Kier molecular flexibility index (Phi) is 9.22. The molecule has 1 unspecified atom stereocenters. The summed E-state index contributed by atoms with van der Waals surface area (Å²) >= 11 is 11.9. The Balaban J connectivity index is 2.11. The summed E-state index contributed by atoms with van der Waals surface area (Å²) < 4.78 is 0. The van der Waals surface area contributed by atoms with Gasteiger partial charge in [-0.3, -0.25) is 4.79 Å². The van der Waals surface area contributed by atoms with E-state index in [1.807, 2.05) is 12.1 Å². The second-order valence-corrected chi connectivity index (χ2v) is 6.48. The zero-order valence-corrected chi connectivity index (χ0v) is 14.4. The van der Waals surface area contributed by atoms with Gasteiger partial charge in [0.25, 0.3) is 0 Å². The van der Waals surface area contributed by atoms with Crippen LogP contribution in [0.2, 0.25) is 10.0 Å². The summed E-state index contributed by atoms with van der Waals surface area (Å²) in [6.45, 7) is 0. The average molecular weight is 360 g/mol. The quantitative estimate of drug-likeness (QED) is 0.486. The van der Waals surface area contributed by atoms with Gasteiger partial charge in [0.15, 0.2) is 0 Å². The molecular weight excluding hydrogens is 339 g/mol. The van der Waals surface area contributed by atoms with E-state index in [2.05, 4.69) is 0 Å². The van der Waals surface area contributed by atoms with Crippen molar-refractivity contribution in [2.75, 3.05) is 0 Å². The predicted molar refractivity (Wildman–Crippen MR) is 88.5 cm³/mol. The van der Waals surface area contributed by atoms with Gasteiger partial charge in [0.1, 0.15) is 5.78 Å². The van der Waals surface area contributed by atoms with E-state index < -0.39 is 24.3 Å². The van der Waals surface area contributed by atoms with Crippen LogP contribution in [0, 0.1) is 0 Å². The minimum atomic E-state index is -1.40. The lowest BCUT2D eigenvalue weighted by Gasteiger charge is -2.10. The molecule has 0 aliphatic rings. The Hall–Kier alpha value is -1.10. The van der Waals surface area contributed by atoms with Gasteiger partial charge in [0, 0.05) is 28.9 Å². The van der Waals surface area contributed by atoms with Crippen LogP contribution in [0.3, 0.4) is 0 Å². The van der Waals surface area contributed by atoms with Gasteiger partial charge in [0.05, 0.1) is 6.10 Å².